The van der Waals surface area contributed by atoms with E-state index in [9.17, 15) is 123 Å². The largest absolute Gasteiger partial charge is 0.505 e. The molecule has 1 aromatic carbocycles. The molecule has 0 saturated heterocycles. The van der Waals surface area contributed by atoms with E-state index in [0.717, 1.165) is 0 Å². The van der Waals surface area contributed by atoms with Gasteiger partial charge in [-0.3, -0.25) is 0 Å². The maximum absolute atomic E-state index is 14.1. The minimum absolute atomic E-state index is 2.04. The molecule has 270 valence electrons. The van der Waals surface area contributed by atoms with E-state index in [0.29, 0.717) is 0 Å². The zero-order valence-electron chi connectivity index (χ0n) is 19.7. The second-order valence-electron chi connectivity index (χ2n) is 8.05. The van der Waals surface area contributed by atoms with Crippen molar-refractivity contribution in [3.05, 3.63) is 12.1 Å². The summed E-state index contributed by atoms with van der Waals surface area (Å²) < 4.78 is 349. The quantitative estimate of drug-likeness (QED) is 0.301. The third-order valence-electron chi connectivity index (χ3n) is 5.08. The van der Waals surface area contributed by atoms with Gasteiger partial charge in [0.15, 0.2) is 5.75 Å². The molecule has 1 rings (SSSR count). The number of aromatic hydroxyl groups is 1. The van der Waals surface area contributed by atoms with Gasteiger partial charge in [-0.1, -0.05) is 0 Å². The minimum atomic E-state index is -8.69. The van der Waals surface area contributed by atoms with Gasteiger partial charge in [0, 0.05) is 0 Å². The molecule has 46 heavy (non-hydrogen) atoms. The summed E-state index contributed by atoms with van der Waals surface area (Å²) in [5.41, 5.74) is 0. The van der Waals surface area contributed by atoms with E-state index in [2.05, 4.69) is 0 Å². The number of halogens is 21. The number of hydrogen-bond donors (Lipinski definition) is 1. The molecule has 0 bridgehead atoms. The highest BCUT2D eigenvalue weighted by molar-refractivity contribution is 7.94. The Labute approximate surface area is 237 Å². The smallest absolute Gasteiger partial charge is 0.461 e. The van der Waals surface area contributed by atoms with Crippen LogP contribution in [0, 0.1) is 0 Å². The van der Waals surface area contributed by atoms with Gasteiger partial charge < -0.3 is 5.11 Å². The summed E-state index contributed by atoms with van der Waals surface area (Å²) in [7, 11) is -25.9. The van der Waals surface area contributed by atoms with Crippen molar-refractivity contribution in [1.29, 1.82) is 0 Å². The maximum atomic E-state index is 14.1. The zero-order chi connectivity index (χ0) is 37.7. The first-order valence-electron chi connectivity index (χ1n) is 9.57. The Morgan fingerprint density at radius 1 is 0.391 bits per heavy atom. The summed E-state index contributed by atoms with van der Waals surface area (Å²) in [5.74, 6) is -28.2. The van der Waals surface area contributed by atoms with E-state index in [1.807, 2.05) is 0 Å². The van der Waals surface area contributed by atoms with Crippen molar-refractivity contribution < 1.29 is 123 Å². The molecule has 1 N–H and O–H groups in total. The van der Waals surface area contributed by atoms with Crippen LogP contribution in [-0.2, 0) is 29.5 Å². The van der Waals surface area contributed by atoms with Crippen LogP contribution in [0.25, 0.3) is 0 Å². The van der Waals surface area contributed by atoms with Crippen LogP contribution >= 0.6 is 0 Å². The molecule has 0 radical (unpaired) electrons. The van der Waals surface area contributed by atoms with Crippen LogP contribution in [0.15, 0.2) is 26.8 Å². The fourth-order valence-corrected chi connectivity index (χ4v) is 6.81. The third-order valence-corrected chi connectivity index (χ3v) is 10.5. The highest BCUT2D eigenvalue weighted by Crippen LogP contribution is 2.57. The van der Waals surface area contributed by atoms with Gasteiger partial charge in [-0.05, 0) is 12.1 Å². The Bertz CT molecular complexity index is 1610. The van der Waals surface area contributed by atoms with Crippen molar-refractivity contribution >= 4 is 29.5 Å². The molecular weight excluding hydrogens is 787 g/mol. The van der Waals surface area contributed by atoms with Crippen molar-refractivity contribution in [2.75, 3.05) is 0 Å². The Morgan fingerprint density at radius 3 is 0.783 bits per heavy atom. The standard InChI is InChI=1S/C15H3F21O7S3/c16-7(17,10(22,23)24)13(31,32)44(38,39)3-1-4(45(40,41)14(33,34)8(18,19)11(25,26)27)6(37)5(2-3)46(42,43)15(35,36)9(20,21)12(28,29)30/h1-2,37H. The molecule has 0 aliphatic rings. The third kappa shape index (κ3) is 5.35. The van der Waals surface area contributed by atoms with E-state index in [-0.39, 0.29) is 0 Å². The number of rotatable bonds is 9. The van der Waals surface area contributed by atoms with Crippen LogP contribution in [-0.4, -0.2) is 82.4 Å². The highest BCUT2D eigenvalue weighted by Gasteiger charge is 2.82. The van der Waals surface area contributed by atoms with Crippen molar-refractivity contribution in [3.8, 4) is 5.75 Å². The van der Waals surface area contributed by atoms with Gasteiger partial charge in [-0.15, -0.1) is 0 Å². The molecule has 0 saturated carbocycles. The Balaban J connectivity index is 4.67. The average molecular weight is 790 g/mol. The molecular formula is C15H3F21O7S3. The predicted octanol–water partition coefficient (Wildman–Crippen LogP) is 6.08. The molecule has 0 spiro atoms. The number of hydrogen-bond acceptors (Lipinski definition) is 7. The number of sulfone groups is 3. The number of phenols is 1. The molecule has 0 atom stereocenters. The fraction of sp³-hybridized carbons (Fsp3) is 0.600. The Kier molecular flexibility index (Phi) is 9.41. The monoisotopic (exact) mass is 790 g/mol. The van der Waals surface area contributed by atoms with Gasteiger partial charge >= 0.3 is 52.1 Å². The van der Waals surface area contributed by atoms with Gasteiger partial charge in [0.05, 0.1) is 4.90 Å². The van der Waals surface area contributed by atoms with Crippen LogP contribution in [0.2, 0.25) is 0 Å². The van der Waals surface area contributed by atoms with Crippen molar-refractivity contribution in [3.63, 3.8) is 0 Å². The lowest BCUT2D eigenvalue weighted by Crippen LogP contribution is -2.56. The lowest BCUT2D eigenvalue weighted by Gasteiger charge is -2.30. The summed E-state index contributed by atoms with van der Waals surface area (Å²) in [6, 6.07) is -4.08. The molecule has 0 fully saturated rings. The molecule has 0 amide bonds. The number of phenolic OH excluding ortho intramolecular Hbond substituents is 1. The van der Waals surface area contributed by atoms with Crippen LogP contribution in [0.1, 0.15) is 0 Å². The van der Waals surface area contributed by atoms with Gasteiger partial charge in [-0.25, -0.2) is 25.3 Å². The molecule has 0 aromatic heterocycles. The van der Waals surface area contributed by atoms with Gasteiger partial charge in [0.1, 0.15) is 9.79 Å². The van der Waals surface area contributed by atoms with E-state index >= 15 is 0 Å². The van der Waals surface area contributed by atoms with Gasteiger partial charge in [0.25, 0.3) is 19.7 Å². The van der Waals surface area contributed by atoms with Gasteiger partial charge in [-0.2, -0.15) is 92.2 Å². The number of benzene rings is 1. The van der Waals surface area contributed by atoms with E-state index < -0.39 is 114 Å². The second kappa shape index (κ2) is 10.4. The van der Waals surface area contributed by atoms with Crippen LogP contribution in [0.5, 0.6) is 5.75 Å². The Hall–Kier alpha value is -2.60. The zero-order valence-corrected chi connectivity index (χ0v) is 22.2. The van der Waals surface area contributed by atoms with Crippen molar-refractivity contribution in [1.82, 2.24) is 0 Å². The van der Waals surface area contributed by atoms with Crippen LogP contribution in [0.4, 0.5) is 92.2 Å². The van der Waals surface area contributed by atoms with Crippen molar-refractivity contribution in [2.45, 2.75) is 66.7 Å². The molecule has 0 heterocycles. The second-order valence-corrected chi connectivity index (χ2v) is 14.0. The molecule has 1 aromatic rings. The fourth-order valence-electron chi connectivity index (χ4n) is 2.55. The summed E-state index contributed by atoms with van der Waals surface area (Å²) in [6.07, 6.45) is -23.4. The number of alkyl halides is 21. The molecule has 7 nitrogen and oxygen atoms in total. The molecule has 0 unspecified atom stereocenters. The first-order chi connectivity index (χ1) is 19.5. The van der Waals surface area contributed by atoms with Crippen molar-refractivity contribution in [2.24, 2.45) is 0 Å². The van der Waals surface area contributed by atoms with E-state index in [1.54, 1.807) is 0 Å². The maximum Gasteiger partial charge on any atom is 0.461 e. The summed E-state index contributed by atoms with van der Waals surface area (Å²) in [5, 5.41) is -14.5. The summed E-state index contributed by atoms with van der Waals surface area (Å²) in [4.78, 5) is -12.2. The van der Waals surface area contributed by atoms with Crippen LogP contribution in [0.3, 0.4) is 0 Å². The molecule has 31 heteroatoms. The molecule has 0 aliphatic heterocycles. The summed E-state index contributed by atoms with van der Waals surface area (Å²) >= 11 is 0. The van der Waals surface area contributed by atoms with E-state index in [4.69, 9.17) is 0 Å². The summed E-state index contributed by atoms with van der Waals surface area (Å²) in [6.45, 7) is 0. The first kappa shape index (κ1) is 41.4. The SMILES string of the molecule is O=S(=O)(c1cc(S(=O)(=O)C(F)(F)C(F)(F)C(F)(F)F)c(O)c(S(=O)(=O)C(F)(F)C(F)(F)C(F)(F)F)c1)C(F)(F)C(F)(F)C(F)(F)F. The first-order valence-corrected chi connectivity index (χ1v) is 14.0. The predicted molar refractivity (Wildman–Crippen MR) is 97.5 cm³/mol. The minimum Gasteiger partial charge on any atom is -0.505 e. The topological polar surface area (TPSA) is 123 Å². The Morgan fingerprint density at radius 2 is 0.587 bits per heavy atom. The van der Waals surface area contributed by atoms with E-state index in [1.165, 1.54) is 0 Å². The lowest BCUT2D eigenvalue weighted by molar-refractivity contribution is -0.332. The van der Waals surface area contributed by atoms with Gasteiger partial charge in [0.2, 0.25) is 9.84 Å². The highest BCUT2D eigenvalue weighted by atomic mass is 32.2. The normalized spacial score (nSPS) is 16.1. The lowest BCUT2D eigenvalue weighted by atomic mass is 10.3. The van der Waals surface area contributed by atoms with Crippen LogP contribution < -0.4 is 0 Å². The molecule has 0 aliphatic carbocycles. The average Bonchev–Trinajstić information content (AvgIpc) is 2.80.